The SMILES string of the molecule is Cc1ccc(C(=O)N/C(=C/c2ccc(Cl)cc2)C(=O)NCC[NH+](C)C)cc1. The fraction of sp³-hybridized carbons (Fsp3) is 0.238. The van der Waals surface area contributed by atoms with Crippen LogP contribution in [0.3, 0.4) is 0 Å². The minimum absolute atomic E-state index is 0.191. The largest absolute Gasteiger partial charge is 0.345 e. The third kappa shape index (κ3) is 6.89. The average Bonchev–Trinajstić information content (AvgIpc) is 2.63. The molecular weight excluding hydrogens is 362 g/mol. The van der Waals surface area contributed by atoms with Gasteiger partial charge in [-0.25, -0.2) is 0 Å². The number of hydrogen-bond acceptors (Lipinski definition) is 2. The second kappa shape index (κ2) is 9.90. The van der Waals surface area contributed by atoms with E-state index in [4.69, 9.17) is 11.6 Å². The summed E-state index contributed by atoms with van der Waals surface area (Å²) in [4.78, 5) is 26.4. The minimum Gasteiger partial charge on any atom is -0.345 e. The van der Waals surface area contributed by atoms with Crippen molar-refractivity contribution in [1.82, 2.24) is 10.6 Å². The molecule has 0 aliphatic rings. The number of halogens is 1. The minimum atomic E-state index is -0.330. The first-order valence-corrected chi connectivity index (χ1v) is 9.15. The molecule has 142 valence electrons. The molecule has 0 fully saturated rings. The first-order chi connectivity index (χ1) is 12.8. The first kappa shape index (κ1) is 20.7. The highest BCUT2D eigenvalue weighted by Gasteiger charge is 2.14. The van der Waals surface area contributed by atoms with Gasteiger partial charge >= 0.3 is 0 Å². The van der Waals surface area contributed by atoms with Crippen molar-refractivity contribution in [1.29, 1.82) is 0 Å². The van der Waals surface area contributed by atoms with Crippen molar-refractivity contribution in [3.8, 4) is 0 Å². The molecule has 0 aromatic heterocycles. The number of carbonyl (C=O) groups excluding carboxylic acids is 2. The standard InChI is InChI=1S/C21H24ClN3O2/c1-15-4-8-17(9-5-15)20(26)24-19(21(27)23-12-13-25(2)3)14-16-6-10-18(22)11-7-16/h4-11,14H,12-13H2,1-3H3,(H,23,27)(H,24,26)/p+1/b19-14+. The molecule has 0 unspecified atom stereocenters. The molecule has 2 rings (SSSR count). The normalized spacial score (nSPS) is 11.4. The van der Waals surface area contributed by atoms with Crippen LogP contribution in [-0.4, -0.2) is 39.0 Å². The van der Waals surface area contributed by atoms with Gasteiger partial charge in [-0.05, 0) is 42.8 Å². The van der Waals surface area contributed by atoms with E-state index >= 15 is 0 Å². The smallest absolute Gasteiger partial charge is 0.268 e. The van der Waals surface area contributed by atoms with Crippen molar-refractivity contribution >= 4 is 29.5 Å². The summed E-state index contributed by atoms with van der Waals surface area (Å²) >= 11 is 5.91. The van der Waals surface area contributed by atoms with Crippen molar-refractivity contribution in [3.63, 3.8) is 0 Å². The zero-order chi connectivity index (χ0) is 19.8. The molecule has 0 aliphatic carbocycles. The molecule has 2 aromatic rings. The summed E-state index contributed by atoms with van der Waals surface area (Å²) in [5.41, 5.74) is 2.52. The second-order valence-electron chi connectivity index (χ2n) is 6.64. The topological polar surface area (TPSA) is 62.6 Å². The maximum absolute atomic E-state index is 12.6. The monoisotopic (exact) mass is 386 g/mol. The van der Waals surface area contributed by atoms with Crippen molar-refractivity contribution < 1.29 is 14.5 Å². The Morgan fingerprint density at radius 1 is 1.04 bits per heavy atom. The molecule has 3 N–H and O–H groups in total. The van der Waals surface area contributed by atoms with Crippen LogP contribution < -0.4 is 15.5 Å². The lowest BCUT2D eigenvalue weighted by molar-refractivity contribution is -0.856. The zero-order valence-corrected chi connectivity index (χ0v) is 16.6. The predicted octanol–water partition coefficient (Wildman–Crippen LogP) is 1.68. The van der Waals surface area contributed by atoms with Gasteiger partial charge < -0.3 is 15.5 Å². The Kier molecular flexibility index (Phi) is 7.58. The van der Waals surface area contributed by atoms with Crippen LogP contribution in [0.25, 0.3) is 6.08 Å². The van der Waals surface area contributed by atoms with Crippen LogP contribution in [0, 0.1) is 6.92 Å². The van der Waals surface area contributed by atoms with E-state index in [2.05, 4.69) is 10.6 Å². The van der Waals surface area contributed by atoms with Gasteiger partial charge in [0.2, 0.25) is 0 Å². The predicted molar refractivity (Wildman–Crippen MR) is 109 cm³/mol. The van der Waals surface area contributed by atoms with E-state index in [-0.39, 0.29) is 17.5 Å². The zero-order valence-electron chi connectivity index (χ0n) is 15.8. The van der Waals surface area contributed by atoms with Gasteiger partial charge in [0, 0.05) is 10.6 Å². The summed E-state index contributed by atoms with van der Waals surface area (Å²) in [6, 6.07) is 14.2. The van der Waals surface area contributed by atoms with Gasteiger partial charge in [0.15, 0.2) is 0 Å². The van der Waals surface area contributed by atoms with Crippen LogP contribution in [-0.2, 0) is 4.79 Å². The van der Waals surface area contributed by atoms with Crippen molar-refractivity contribution in [2.45, 2.75) is 6.92 Å². The van der Waals surface area contributed by atoms with E-state index in [1.807, 2.05) is 33.2 Å². The molecule has 2 aromatic carbocycles. The summed E-state index contributed by atoms with van der Waals surface area (Å²) in [6.07, 6.45) is 1.64. The quantitative estimate of drug-likeness (QED) is 0.634. The van der Waals surface area contributed by atoms with E-state index in [0.29, 0.717) is 17.1 Å². The van der Waals surface area contributed by atoms with Crippen LogP contribution in [0.5, 0.6) is 0 Å². The molecule has 0 radical (unpaired) electrons. The van der Waals surface area contributed by atoms with Crippen LogP contribution in [0.1, 0.15) is 21.5 Å². The number of rotatable bonds is 7. The van der Waals surface area contributed by atoms with Crippen molar-refractivity contribution in [2.75, 3.05) is 27.2 Å². The highest BCUT2D eigenvalue weighted by atomic mass is 35.5. The summed E-state index contributed by atoms with van der Waals surface area (Å²) in [5, 5.41) is 6.17. The number of likely N-dealkylation sites (N-methyl/N-ethyl adjacent to an activating group) is 1. The third-order valence-electron chi connectivity index (χ3n) is 3.90. The number of hydrogen-bond donors (Lipinski definition) is 3. The summed E-state index contributed by atoms with van der Waals surface area (Å²) in [7, 11) is 4.02. The number of quaternary nitrogens is 1. The molecule has 6 heteroatoms. The van der Waals surface area contributed by atoms with Gasteiger partial charge in [0.25, 0.3) is 11.8 Å². The molecule has 27 heavy (non-hydrogen) atoms. The van der Waals surface area contributed by atoms with E-state index in [1.165, 1.54) is 4.90 Å². The van der Waals surface area contributed by atoms with E-state index < -0.39 is 0 Å². The Bertz CT molecular complexity index is 812. The number of nitrogens with one attached hydrogen (secondary N) is 3. The van der Waals surface area contributed by atoms with Gasteiger partial charge in [-0.2, -0.15) is 0 Å². The Morgan fingerprint density at radius 3 is 2.26 bits per heavy atom. The molecule has 0 spiro atoms. The lowest BCUT2D eigenvalue weighted by atomic mass is 10.1. The summed E-state index contributed by atoms with van der Waals surface area (Å²) in [6.45, 7) is 3.25. The molecule has 0 bridgehead atoms. The van der Waals surface area contributed by atoms with Gasteiger partial charge in [-0.1, -0.05) is 41.4 Å². The van der Waals surface area contributed by atoms with Gasteiger partial charge in [-0.3, -0.25) is 9.59 Å². The summed E-state index contributed by atoms with van der Waals surface area (Å²) < 4.78 is 0. The molecule has 0 aliphatic heterocycles. The molecule has 0 saturated heterocycles. The van der Waals surface area contributed by atoms with Gasteiger partial charge in [0.05, 0.1) is 27.2 Å². The number of amides is 2. The van der Waals surface area contributed by atoms with E-state index in [9.17, 15) is 9.59 Å². The Hall–Kier alpha value is -2.63. The highest BCUT2D eigenvalue weighted by Crippen LogP contribution is 2.12. The van der Waals surface area contributed by atoms with E-state index in [0.717, 1.165) is 17.7 Å². The Morgan fingerprint density at radius 2 is 1.67 bits per heavy atom. The maximum atomic E-state index is 12.6. The molecule has 0 saturated carbocycles. The number of carbonyl (C=O) groups is 2. The third-order valence-corrected chi connectivity index (χ3v) is 4.15. The maximum Gasteiger partial charge on any atom is 0.268 e. The van der Waals surface area contributed by atoms with Crippen molar-refractivity contribution in [2.24, 2.45) is 0 Å². The molecule has 5 nitrogen and oxygen atoms in total. The van der Waals surface area contributed by atoms with Crippen molar-refractivity contribution in [3.05, 3.63) is 75.9 Å². The van der Waals surface area contributed by atoms with Crippen LogP contribution in [0.15, 0.2) is 54.2 Å². The number of benzene rings is 2. The van der Waals surface area contributed by atoms with Crippen LogP contribution in [0.4, 0.5) is 0 Å². The molecule has 0 heterocycles. The lowest BCUT2D eigenvalue weighted by Crippen LogP contribution is -3.06. The number of aryl methyl sites for hydroxylation is 1. The second-order valence-corrected chi connectivity index (χ2v) is 7.08. The highest BCUT2D eigenvalue weighted by molar-refractivity contribution is 6.30. The molecule has 2 amide bonds. The lowest BCUT2D eigenvalue weighted by Gasteiger charge is -2.12. The van der Waals surface area contributed by atoms with E-state index in [1.54, 1.807) is 42.5 Å². The van der Waals surface area contributed by atoms with Crippen LogP contribution in [0.2, 0.25) is 5.02 Å². The molecule has 0 atom stereocenters. The first-order valence-electron chi connectivity index (χ1n) is 8.77. The van der Waals surface area contributed by atoms with Crippen LogP contribution >= 0.6 is 11.6 Å². The fourth-order valence-electron chi connectivity index (χ4n) is 2.30. The van der Waals surface area contributed by atoms with Gasteiger partial charge in [0.1, 0.15) is 5.70 Å². The Labute approximate surface area is 165 Å². The average molecular weight is 387 g/mol. The fourth-order valence-corrected chi connectivity index (χ4v) is 2.43. The van der Waals surface area contributed by atoms with Gasteiger partial charge in [-0.15, -0.1) is 0 Å². The molecular formula is C21H25ClN3O2+. The Balaban J connectivity index is 2.20. The summed E-state index contributed by atoms with van der Waals surface area (Å²) in [5.74, 6) is -0.657.